The fraction of sp³-hybridized carbons (Fsp3) is 0.682. The van der Waals surface area contributed by atoms with Crippen LogP contribution >= 0.6 is 0 Å². The van der Waals surface area contributed by atoms with Crippen LogP contribution in [0, 0.1) is 29.1 Å². The molecule has 0 spiro atoms. The van der Waals surface area contributed by atoms with Gasteiger partial charge in [0.25, 0.3) is 12.3 Å². The molecule has 3 N–H and O–H groups in total. The van der Waals surface area contributed by atoms with Crippen LogP contribution in [0.3, 0.4) is 0 Å². The molecular formula is C44H58F2N6O9S. The van der Waals surface area contributed by atoms with Crippen LogP contribution in [0.1, 0.15) is 104 Å². The number of sulfonamides is 1. The van der Waals surface area contributed by atoms with Gasteiger partial charge in [-0.25, -0.2) is 32.0 Å². The number of carbonyl (C=O) groups is 4. The third-order valence-electron chi connectivity index (χ3n) is 14.0. The number of hydrogen-bond donors (Lipinski definition) is 3. The summed E-state index contributed by atoms with van der Waals surface area (Å²) in [6.45, 7) is 6.87. The number of alkyl halides is 2. The first kappa shape index (κ1) is 44.0. The minimum Gasteiger partial charge on any atom is -0.497 e. The number of benzene rings is 1. The van der Waals surface area contributed by atoms with Crippen molar-refractivity contribution in [2.24, 2.45) is 29.1 Å². The lowest BCUT2D eigenvalue weighted by Gasteiger charge is -2.36. The highest BCUT2D eigenvalue weighted by atomic mass is 32.2. The van der Waals surface area contributed by atoms with Gasteiger partial charge in [0.05, 0.1) is 29.9 Å². The number of halogens is 2. The third kappa shape index (κ3) is 8.81. The van der Waals surface area contributed by atoms with E-state index in [2.05, 4.69) is 10.6 Å². The van der Waals surface area contributed by atoms with E-state index in [-0.39, 0.29) is 36.4 Å². The molecule has 8 rings (SSSR count). The standard InChI is InChI=1S/C44H58F2N6O9S/c1-23-34-22-52(36(23)38(53)50-44(21-25(44)19-35(45)46)41(55)51-62(57,58)27-15-16-27)40(54)37(43(2,3)4)49-42(56)61-33-18-24-10-9-12-28(24)29(33)11-7-6-8-13-31-39(60-34)48-32-20-26(59-5)14-17-30(32)47-31/h14,17,19-20,23-24,27-29,33-37H,6-13,15-16,18,21-22H2,1-5H3,(H,49,56)(H,50,53)(H,51,55)/b25-19+/t23-,24+,28?,29-,33-,34+,36+,37-,44-/m1/s1. The fourth-order valence-corrected chi connectivity index (χ4v) is 11.8. The summed E-state index contributed by atoms with van der Waals surface area (Å²) in [5, 5.41) is 4.67. The molecule has 1 aromatic heterocycles. The fourth-order valence-electron chi connectivity index (χ4n) is 10.4. The van der Waals surface area contributed by atoms with Crippen LogP contribution in [0.25, 0.3) is 11.0 Å². The number of aryl methyl sites for hydroxylation is 1. The molecule has 9 atom stereocenters. The zero-order chi connectivity index (χ0) is 44.3. The second-order valence-electron chi connectivity index (χ2n) is 19.3. The monoisotopic (exact) mass is 884 g/mol. The quantitative estimate of drug-likeness (QED) is 0.304. The average Bonchev–Trinajstić information content (AvgIpc) is 4.06. The smallest absolute Gasteiger partial charge is 0.408 e. The molecule has 5 fully saturated rings. The highest BCUT2D eigenvalue weighted by Crippen LogP contribution is 2.51. The summed E-state index contributed by atoms with van der Waals surface area (Å²) in [5.41, 5.74) is -1.40. The van der Waals surface area contributed by atoms with Gasteiger partial charge in [0.1, 0.15) is 41.3 Å². The average molecular weight is 885 g/mol. The van der Waals surface area contributed by atoms with E-state index in [1.807, 2.05) is 10.8 Å². The highest BCUT2D eigenvalue weighted by Gasteiger charge is 2.61. The Morgan fingerprint density at radius 2 is 1.76 bits per heavy atom. The summed E-state index contributed by atoms with van der Waals surface area (Å²) < 4.78 is 73.5. The molecule has 1 aromatic carbocycles. The lowest BCUT2D eigenvalue weighted by atomic mass is 9.85. The van der Waals surface area contributed by atoms with E-state index < -0.39 is 80.6 Å². The zero-order valence-corrected chi connectivity index (χ0v) is 36.8. The maximum Gasteiger partial charge on any atom is 0.408 e. The molecule has 2 bridgehead atoms. The summed E-state index contributed by atoms with van der Waals surface area (Å²) >= 11 is 0. The number of methoxy groups -OCH3 is 1. The van der Waals surface area contributed by atoms with Gasteiger partial charge in [-0.2, -0.15) is 0 Å². The molecule has 4 amide bonds. The largest absolute Gasteiger partial charge is 0.497 e. The molecule has 1 saturated heterocycles. The van der Waals surface area contributed by atoms with Gasteiger partial charge in [0.15, 0.2) is 0 Å². The second kappa shape index (κ2) is 16.8. The van der Waals surface area contributed by atoms with Gasteiger partial charge in [-0.05, 0) is 91.9 Å². The maximum absolute atomic E-state index is 15.0. The Balaban J connectivity index is 1.16. The number of carbonyl (C=O) groups excluding carboxylic acids is 4. The molecule has 3 heterocycles. The molecule has 6 aliphatic rings. The number of rotatable bonds is 7. The molecule has 4 aliphatic carbocycles. The molecule has 0 radical (unpaired) electrons. The van der Waals surface area contributed by atoms with E-state index in [0.717, 1.165) is 51.4 Å². The van der Waals surface area contributed by atoms with Crippen LogP contribution in [0.15, 0.2) is 29.8 Å². The summed E-state index contributed by atoms with van der Waals surface area (Å²) in [4.78, 5) is 68.5. The van der Waals surface area contributed by atoms with Crippen LogP contribution in [0.2, 0.25) is 0 Å². The van der Waals surface area contributed by atoms with Crippen molar-refractivity contribution < 1.29 is 50.6 Å². The van der Waals surface area contributed by atoms with Gasteiger partial charge in [-0.15, -0.1) is 0 Å². The van der Waals surface area contributed by atoms with Gasteiger partial charge in [0.2, 0.25) is 27.7 Å². The molecule has 2 aliphatic heterocycles. The van der Waals surface area contributed by atoms with Crippen LogP contribution in [0.4, 0.5) is 13.6 Å². The van der Waals surface area contributed by atoms with Gasteiger partial charge >= 0.3 is 6.09 Å². The topological polar surface area (TPSA) is 195 Å². The Bertz CT molecular complexity index is 2250. The Hall–Kier alpha value is -4.61. The van der Waals surface area contributed by atoms with E-state index in [4.69, 9.17) is 24.2 Å². The minimum absolute atomic E-state index is 0.157. The van der Waals surface area contributed by atoms with E-state index in [9.17, 15) is 31.6 Å². The van der Waals surface area contributed by atoms with Crippen LogP contribution in [0.5, 0.6) is 11.6 Å². The summed E-state index contributed by atoms with van der Waals surface area (Å²) in [7, 11) is -2.57. The number of ether oxygens (including phenoxy) is 3. The number of nitrogens with zero attached hydrogens (tertiary/aromatic N) is 3. The minimum atomic E-state index is -4.12. The van der Waals surface area contributed by atoms with Gasteiger partial charge in [-0.1, -0.05) is 53.4 Å². The number of hydrogen-bond acceptors (Lipinski definition) is 11. The molecule has 15 nitrogen and oxygen atoms in total. The second-order valence-corrected chi connectivity index (χ2v) is 21.3. The van der Waals surface area contributed by atoms with Crippen molar-refractivity contribution in [2.45, 2.75) is 146 Å². The van der Waals surface area contributed by atoms with Crippen molar-refractivity contribution >= 4 is 44.9 Å². The first-order valence-corrected chi connectivity index (χ1v) is 23.6. The number of alkyl carbamates (subject to hydrolysis) is 1. The van der Waals surface area contributed by atoms with Crippen molar-refractivity contribution in [2.75, 3.05) is 13.7 Å². The van der Waals surface area contributed by atoms with E-state index in [1.54, 1.807) is 46.9 Å². The van der Waals surface area contributed by atoms with Crippen LogP contribution < -0.4 is 24.8 Å². The lowest BCUT2D eigenvalue weighted by molar-refractivity contribution is -0.143. The number of aromatic nitrogens is 2. The zero-order valence-electron chi connectivity index (χ0n) is 36.0. The van der Waals surface area contributed by atoms with Crippen molar-refractivity contribution in [1.29, 1.82) is 0 Å². The Morgan fingerprint density at radius 1 is 1.00 bits per heavy atom. The summed E-state index contributed by atoms with van der Waals surface area (Å²) in [5.74, 6) is -1.56. The van der Waals surface area contributed by atoms with Crippen LogP contribution in [-0.4, -0.2) is 102 Å². The molecule has 338 valence electrons. The van der Waals surface area contributed by atoms with E-state index in [0.29, 0.717) is 59.7 Å². The number of nitrogens with one attached hydrogen (secondary N) is 3. The first-order valence-electron chi connectivity index (χ1n) is 22.0. The third-order valence-corrected chi connectivity index (χ3v) is 15.8. The number of allylic oxidation sites excluding steroid dienone is 1. The highest BCUT2D eigenvalue weighted by molar-refractivity contribution is 7.91. The predicted molar refractivity (Wildman–Crippen MR) is 223 cm³/mol. The molecule has 4 saturated carbocycles. The van der Waals surface area contributed by atoms with Gasteiger partial charge in [0, 0.05) is 18.4 Å². The normalized spacial score (nSPS) is 32.5. The lowest BCUT2D eigenvalue weighted by Crippen LogP contribution is -2.60. The maximum atomic E-state index is 15.0. The molecule has 2 aromatic rings. The van der Waals surface area contributed by atoms with Crippen molar-refractivity contribution in [3.63, 3.8) is 0 Å². The number of amides is 4. The van der Waals surface area contributed by atoms with E-state index in [1.165, 1.54) is 4.90 Å². The molecular weight excluding hydrogens is 827 g/mol. The molecule has 18 heteroatoms. The van der Waals surface area contributed by atoms with Gasteiger partial charge in [-0.3, -0.25) is 19.1 Å². The summed E-state index contributed by atoms with van der Waals surface area (Å²) in [6, 6.07) is 2.79. The number of fused-ring (bicyclic) bond motifs is 7. The van der Waals surface area contributed by atoms with Crippen LogP contribution in [-0.2, 0) is 35.6 Å². The Labute approximate surface area is 360 Å². The molecule has 62 heavy (non-hydrogen) atoms. The first-order chi connectivity index (χ1) is 29.4. The van der Waals surface area contributed by atoms with Gasteiger partial charge < -0.3 is 29.7 Å². The SMILES string of the molecule is COc1ccc2nc3c(nc2c1)O[C@H]1CN(C(=O)[C@H](C(C)(C)C)NC(=O)O[C@@H]2C[C@@H]4CCCC4[C@H]2CCCCC3)[C@H](C(=O)N[C@]2(C(=O)NS(=O)(=O)C3CC3)C/C2=C\C(F)F)[C@@H]1C. The van der Waals surface area contributed by atoms with E-state index >= 15 is 4.79 Å². The van der Waals surface area contributed by atoms with Crippen molar-refractivity contribution in [3.05, 3.63) is 35.5 Å². The summed E-state index contributed by atoms with van der Waals surface area (Å²) in [6.07, 6.45) is 4.08. The Morgan fingerprint density at radius 3 is 2.47 bits per heavy atom. The van der Waals surface area contributed by atoms with Crippen molar-refractivity contribution in [3.8, 4) is 11.6 Å². The molecule has 1 unspecified atom stereocenters. The predicted octanol–water partition coefficient (Wildman–Crippen LogP) is 5.35. The Kier molecular flexibility index (Phi) is 11.9. The van der Waals surface area contributed by atoms with Crippen molar-refractivity contribution in [1.82, 2.24) is 30.2 Å².